The first-order valence-corrected chi connectivity index (χ1v) is 21.5. The number of esters is 4. The van der Waals surface area contributed by atoms with Crippen LogP contribution in [-0.2, 0) is 56.1 Å². The summed E-state index contributed by atoms with van der Waals surface area (Å²) in [6, 6.07) is 16.1. The van der Waals surface area contributed by atoms with E-state index in [4.69, 9.17) is 23.7 Å². The van der Waals surface area contributed by atoms with Gasteiger partial charge in [0.15, 0.2) is 6.04 Å². The van der Waals surface area contributed by atoms with Crippen LogP contribution in [0.3, 0.4) is 0 Å². The standard InChI is InChI=1S/C46H69N5O11/c1-44(2,3)60-37(52)29-47-20-22-48(30-38(53)61-45(4,5)6)24-26-50(27-25-49(23-21-47)31-39(54)62-46(7,8)9)36-28-51(43(57)59-33-35-18-14-11-15-19-35)40(41(36)55)42(56)58-32-34-16-12-10-13-17-34/h10-19,36,40-41,55H,20-33H2,1-9H3/t36-,40-,41+/m1/s1. The van der Waals surface area contributed by atoms with Crippen molar-refractivity contribution in [3.63, 3.8) is 0 Å². The van der Waals surface area contributed by atoms with E-state index in [2.05, 4.69) is 0 Å². The first-order chi connectivity index (χ1) is 29.0. The molecule has 16 heteroatoms. The summed E-state index contributed by atoms with van der Waals surface area (Å²) in [6.07, 6.45) is -2.17. The highest BCUT2D eigenvalue weighted by atomic mass is 16.6. The summed E-state index contributed by atoms with van der Waals surface area (Å²) in [5.41, 5.74) is -0.622. The molecule has 3 atom stereocenters. The minimum Gasteiger partial charge on any atom is -0.459 e. The summed E-state index contributed by atoms with van der Waals surface area (Å²) >= 11 is 0. The summed E-state index contributed by atoms with van der Waals surface area (Å²) in [5.74, 6) is -2.02. The number of likely N-dealkylation sites (tertiary alicyclic amines) is 1. The zero-order valence-electron chi connectivity index (χ0n) is 38.2. The molecular weight excluding hydrogens is 799 g/mol. The van der Waals surface area contributed by atoms with E-state index in [0.717, 1.165) is 11.1 Å². The Morgan fingerprint density at radius 1 is 0.548 bits per heavy atom. The molecular formula is C46H69N5O11. The van der Waals surface area contributed by atoms with Crippen LogP contribution >= 0.6 is 0 Å². The predicted molar refractivity (Wildman–Crippen MR) is 232 cm³/mol. The average Bonchev–Trinajstić information content (AvgIpc) is 3.51. The van der Waals surface area contributed by atoms with Crippen LogP contribution in [0.15, 0.2) is 60.7 Å². The monoisotopic (exact) mass is 867 g/mol. The molecule has 2 saturated heterocycles. The highest BCUT2D eigenvalue weighted by Crippen LogP contribution is 2.27. The lowest BCUT2D eigenvalue weighted by Crippen LogP contribution is -2.53. The van der Waals surface area contributed by atoms with Crippen molar-refractivity contribution in [2.24, 2.45) is 0 Å². The molecule has 0 aromatic heterocycles. The SMILES string of the molecule is CC(C)(C)OC(=O)CN1CCN(CC(=O)OC(C)(C)C)CCN([C@@H]2CN(C(=O)OCc3ccccc3)[C@@H](C(=O)OCc3ccccc3)[C@H]2O)CCN(CC(=O)OC(C)(C)C)CC1. The summed E-state index contributed by atoms with van der Waals surface area (Å²) in [7, 11) is 0. The number of rotatable bonds is 12. The quantitative estimate of drug-likeness (QED) is 0.242. The first kappa shape index (κ1) is 50.0. The molecule has 16 nitrogen and oxygen atoms in total. The minimum absolute atomic E-state index is 0.00379. The fourth-order valence-electron chi connectivity index (χ4n) is 7.25. The fraction of sp³-hybridized carbons (Fsp3) is 0.630. The van der Waals surface area contributed by atoms with E-state index in [0.29, 0.717) is 39.3 Å². The van der Waals surface area contributed by atoms with E-state index >= 15 is 0 Å². The van der Waals surface area contributed by atoms with Gasteiger partial charge in [0.25, 0.3) is 0 Å². The van der Waals surface area contributed by atoms with Crippen molar-refractivity contribution in [1.82, 2.24) is 24.5 Å². The van der Waals surface area contributed by atoms with Gasteiger partial charge in [-0.1, -0.05) is 60.7 Å². The Labute approximate surface area is 367 Å². The van der Waals surface area contributed by atoms with E-state index in [-0.39, 0.29) is 52.5 Å². The third-order valence-corrected chi connectivity index (χ3v) is 10.0. The lowest BCUT2D eigenvalue weighted by Gasteiger charge is -2.37. The van der Waals surface area contributed by atoms with E-state index in [1.54, 1.807) is 41.5 Å². The van der Waals surface area contributed by atoms with Gasteiger partial charge in [0.1, 0.15) is 36.1 Å². The van der Waals surface area contributed by atoms with Crippen molar-refractivity contribution in [1.29, 1.82) is 0 Å². The Morgan fingerprint density at radius 2 is 0.903 bits per heavy atom. The Morgan fingerprint density at radius 3 is 1.27 bits per heavy atom. The van der Waals surface area contributed by atoms with E-state index in [1.165, 1.54) is 4.90 Å². The van der Waals surface area contributed by atoms with Crippen molar-refractivity contribution in [3.05, 3.63) is 71.8 Å². The third kappa shape index (κ3) is 17.6. The van der Waals surface area contributed by atoms with Crippen LogP contribution in [0.4, 0.5) is 4.79 Å². The number of carbonyl (C=O) groups excluding carboxylic acids is 5. The number of nitrogens with zero attached hydrogens (tertiary/aromatic N) is 5. The van der Waals surface area contributed by atoms with Crippen LogP contribution in [-0.4, -0.2) is 173 Å². The van der Waals surface area contributed by atoms with Gasteiger partial charge in [-0.3, -0.25) is 38.9 Å². The van der Waals surface area contributed by atoms with E-state index in [1.807, 2.05) is 101 Å². The van der Waals surface area contributed by atoms with Crippen molar-refractivity contribution in [3.8, 4) is 0 Å². The number of benzene rings is 2. The van der Waals surface area contributed by atoms with Gasteiger partial charge in [-0.15, -0.1) is 0 Å². The third-order valence-electron chi connectivity index (χ3n) is 10.0. The molecule has 2 heterocycles. The van der Waals surface area contributed by atoms with Gasteiger partial charge in [0.2, 0.25) is 0 Å². The topological polar surface area (TPSA) is 168 Å². The van der Waals surface area contributed by atoms with Gasteiger partial charge in [-0.25, -0.2) is 9.59 Å². The van der Waals surface area contributed by atoms with Crippen LogP contribution < -0.4 is 0 Å². The number of amides is 1. The summed E-state index contributed by atoms with van der Waals surface area (Å²) in [4.78, 5) is 76.4. The van der Waals surface area contributed by atoms with Crippen molar-refractivity contribution < 1.29 is 52.8 Å². The van der Waals surface area contributed by atoms with Crippen LogP contribution in [0.25, 0.3) is 0 Å². The Bertz CT molecular complexity index is 1710. The number of hydrogen-bond acceptors (Lipinski definition) is 15. The summed E-state index contributed by atoms with van der Waals surface area (Å²) in [6.45, 7) is 18.6. The number of carbonyl (C=O) groups is 5. The molecule has 0 unspecified atom stereocenters. The highest BCUT2D eigenvalue weighted by molar-refractivity contribution is 5.83. The Balaban J connectivity index is 1.65. The second kappa shape index (κ2) is 22.7. The van der Waals surface area contributed by atoms with Gasteiger partial charge < -0.3 is 28.8 Å². The smallest absolute Gasteiger partial charge is 0.410 e. The Hall–Kier alpha value is -4.61. The molecule has 4 rings (SSSR count). The number of aliphatic hydroxyl groups is 1. The number of hydrogen-bond donors (Lipinski definition) is 1. The van der Waals surface area contributed by atoms with Crippen molar-refractivity contribution >= 4 is 30.0 Å². The predicted octanol–water partition coefficient (Wildman–Crippen LogP) is 3.73. The average molecular weight is 868 g/mol. The van der Waals surface area contributed by atoms with Crippen LogP contribution in [0, 0.1) is 0 Å². The maximum atomic E-state index is 13.9. The summed E-state index contributed by atoms with van der Waals surface area (Å²) in [5, 5.41) is 12.1. The maximum absolute atomic E-state index is 13.9. The molecule has 2 aromatic rings. The molecule has 2 aliphatic rings. The largest absolute Gasteiger partial charge is 0.459 e. The van der Waals surface area contributed by atoms with Gasteiger partial charge in [-0.05, 0) is 73.4 Å². The molecule has 0 bridgehead atoms. The molecule has 0 saturated carbocycles. The fourth-order valence-corrected chi connectivity index (χ4v) is 7.25. The van der Waals surface area contributed by atoms with Gasteiger partial charge in [0, 0.05) is 58.9 Å². The Kier molecular flexibility index (Phi) is 18.3. The highest BCUT2D eigenvalue weighted by Gasteiger charge is 2.51. The molecule has 2 aliphatic heterocycles. The van der Waals surface area contributed by atoms with E-state index < -0.39 is 65.0 Å². The second-order valence-corrected chi connectivity index (χ2v) is 18.9. The second-order valence-electron chi connectivity index (χ2n) is 18.9. The van der Waals surface area contributed by atoms with Crippen molar-refractivity contribution in [2.75, 3.05) is 78.5 Å². The lowest BCUT2D eigenvalue weighted by molar-refractivity contribution is -0.158. The normalized spacial score (nSPS) is 20.7. The van der Waals surface area contributed by atoms with Crippen LogP contribution in [0.5, 0.6) is 0 Å². The van der Waals surface area contributed by atoms with Gasteiger partial charge in [0.05, 0.1) is 25.7 Å². The summed E-state index contributed by atoms with van der Waals surface area (Å²) < 4.78 is 28.5. The van der Waals surface area contributed by atoms with Gasteiger partial charge >= 0.3 is 30.0 Å². The number of ether oxygens (including phenoxy) is 5. The molecule has 0 spiro atoms. The zero-order chi connectivity index (χ0) is 45.7. The molecule has 344 valence electrons. The van der Waals surface area contributed by atoms with Crippen molar-refractivity contribution in [2.45, 2.75) is 111 Å². The molecule has 2 fully saturated rings. The maximum Gasteiger partial charge on any atom is 0.410 e. The van der Waals surface area contributed by atoms with E-state index in [9.17, 15) is 29.1 Å². The molecule has 0 aliphatic carbocycles. The van der Waals surface area contributed by atoms with Crippen LogP contribution in [0.1, 0.15) is 73.4 Å². The molecule has 2 aromatic carbocycles. The minimum atomic E-state index is -1.39. The first-order valence-electron chi connectivity index (χ1n) is 21.5. The van der Waals surface area contributed by atoms with Crippen LogP contribution in [0.2, 0.25) is 0 Å². The molecule has 1 amide bonds. The zero-order valence-corrected chi connectivity index (χ0v) is 38.2. The molecule has 0 radical (unpaired) electrons. The molecule has 62 heavy (non-hydrogen) atoms. The lowest BCUT2D eigenvalue weighted by atomic mass is 10.1. The number of aliphatic hydroxyl groups excluding tert-OH is 1. The molecule has 1 N–H and O–H groups in total. The van der Waals surface area contributed by atoms with Gasteiger partial charge in [-0.2, -0.15) is 0 Å².